The minimum atomic E-state index is -5.14. The van der Waals surface area contributed by atoms with Gasteiger partial charge < -0.3 is 26.0 Å². The number of aliphatic hydroxyl groups is 1. The molecule has 6 N–H and O–H groups in total. The van der Waals surface area contributed by atoms with Crippen molar-refractivity contribution in [1.29, 1.82) is 0 Å². The smallest absolute Gasteiger partial charge is 0.439 e. The molecule has 0 radical (unpaired) electrons. The molecule has 39 heavy (non-hydrogen) atoms. The van der Waals surface area contributed by atoms with Crippen LogP contribution in [-0.4, -0.2) is 52.4 Å². The number of carbonyl (C=O) groups is 1. The van der Waals surface area contributed by atoms with E-state index in [0.29, 0.717) is 22.6 Å². The van der Waals surface area contributed by atoms with Crippen LogP contribution in [0.15, 0.2) is 56.8 Å². The van der Waals surface area contributed by atoms with E-state index >= 15 is 0 Å². The van der Waals surface area contributed by atoms with Crippen LogP contribution in [0.5, 0.6) is 0 Å². The third kappa shape index (κ3) is 6.44. The first-order valence-corrected chi connectivity index (χ1v) is 10.6. The Hall–Kier alpha value is -4.22. The molecular weight excluding hydrogens is 544 g/mol. The van der Waals surface area contributed by atoms with Crippen molar-refractivity contribution in [1.82, 2.24) is 16.3 Å². The standard InChI is InChI=1S/C22H16F6N4O6.H3N/c23-21(24,25)11-7-12(22(26,27)28)9-14(8-11)32-5-6-37-16(19(32)35)15(33)18(34)29-13-3-1-10(2-4-13)17-30-20(36)38-31-17;/h1-4,7-9,15-16,33H,5-6H2,(H,29,34)(H,30,31,36);1H3/t15-,16-;/m1./s1. The summed E-state index contributed by atoms with van der Waals surface area (Å²) in [5.41, 5.74) is -3.60. The Morgan fingerprint density at radius 1 is 1.08 bits per heavy atom. The van der Waals surface area contributed by atoms with Gasteiger partial charge in [-0.3, -0.25) is 19.3 Å². The van der Waals surface area contributed by atoms with E-state index in [2.05, 4.69) is 19.7 Å². The lowest BCUT2D eigenvalue weighted by Crippen LogP contribution is -2.56. The average molecular weight is 563 g/mol. The van der Waals surface area contributed by atoms with E-state index < -0.39 is 72.1 Å². The Balaban J connectivity index is 0.00000420. The van der Waals surface area contributed by atoms with Gasteiger partial charge in [-0.25, -0.2) is 4.79 Å². The Morgan fingerprint density at radius 3 is 2.18 bits per heavy atom. The highest BCUT2D eigenvalue weighted by Gasteiger charge is 2.40. The van der Waals surface area contributed by atoms with Crippen LogP contribution in [-0.2, 0) is 21.9 Å². The maximum absolute atomic E-state index is 13.2. The van der Waals surface area contributed by atoms with E-state index in [0.717, 1.165) is 0 Å². The highest BCUT2D eigenvalue weighted by Crippen LogP contribution is 2.39. The molecule has 1 fully saturated rings. The molecule has 0 unspecified atom stereocenters. The van der Waals surface area contributed by atoms with Crippen molar-refractivity contribution < 1.29 is 50.6 Å². The third-order valence-corrected chi connectivity index (χ3v) is 5.37. The number of quaternary nitrogens is 1. The zero-order valence-corrected chi connectivity index (χ0v) is 19.7. The molecule has 11 nitrogen and oxygen atoms in total. The van der Waals surface area contributed by atoms with Crippen molar-refractivity contribution in [2.45, 2.75) is 24.6 Å². The average Bonchev–Trinajstić information content (AvgIpc) is 3.29. The molecule has 1 aromatic heterocycles. The number of halogens is 6. The third-order valence-electron chi connectivity index (χ3n) is 5.37. The van der Waals surface area contributed by atoms with Crippen LogP contribution in [0.4, 0.5) is 37.7 Å². The van der Waals surface area contributed by atoms with Crippen molar-refractivity contribution in [3.8, 4) is 11.4 Å². The number of aromatic amines is 1. The lowest BCUT2D eigenvalue weighted by Gasteiger charge is -2.36. The van der Waals surface area contributed by atoms with Gasteiger partial charge in [0.05, 0.1) is 23.4 Å². The number of aromatic nitrogens is 2. The summed E-state index contributed by atoms with van der Waals surface area (Å²) in [6.45, 7) is -0.833. The zero-order valence-electron chi connectivity index (χ0n) is 19.7. The topological polar surface area (TPSA) is 181 Å². The van der Waals surface area contributed by atoms with Gasteiger partial charge in [-0.15, -0.1) is 0 Å². The summed E-state index contributed by atoms with van der Waals surface area (Å²) < 4.78 is 88.8. The molecule has 1 aliphatic rings. The van der Waals surface area contributed by atoms with Gasteiger partial charge in [0, 0.05) is 17.8 Å². The first kappa shape index (κ1) is 29.3. The molecule has 2 atom stereocenters. The lowest BCUT2D eigenvalue weighted by molar-refractivity contribution is -0.233. The first-order chi connectivity index (χ1) is 17.7. The maximum atomic E-state index is 13.2. The quantitative estimate of drug-likeness (QED) is 0.242. The number of aliphatic hydroxyl groups excluding tert-OH is 1. The number of nitrogens with zero attached hydrogens (tertiary/aromatic N) is 3. The number of hydrogen-bond donors (Lipinski definition) is 3. The second-order valence-corrected chi connectivity index (χ2v) is 7.93. The van der Waals surface area contributed by atoms with Crippen molar-refractivity contribution in [3.63, 3.8) is 0 Å². The van der Waals surface area contributed by atoms with Crippen molar-refractivity contribution in [2.24, 2.45) is 4.99 Å². The van der Waals surface area contributed by atoms with Gasteiger partial charge in [0.15, 0.2) is 11.9 Å². The Kier molecular flexibility index (Phi) is 8.18. The number of aliphatic imine (C=N–C) groups is 1. The van der Waals surface area contributed by atoms with Crippen molar-refractivity contribution >= 4 is 23.2 Å². The minimum absolute atomic E-state index is 0. The van der Waals surface area contributed by atoms with Crippen molar-refractivity contribution in [3.05, 3.63) is 64.1 Å². The molecule has 17 heteroatoms. The predicted octanol–water partition coefficient (Wildman–Crippen LogP) is 2.63. The molecule has 0 saturated carbocycles. The number of rotatable bonds is 5. The molecule has 210 valence electrons. The number of morpholine rings is 1. The van der Waals surface area contributed by atoms with Gasteiger partial charge in [0.25, 0.3) is 5.91 Å². The Bertz CT molecular complexity index is 1380. The molecule has 2 heterocycles. The molecule has 1 amide bonds. The van der Waals surface area contributed by atoms with Gasteiger partial charge in [-0.05, 0) is 48.4 Å². The Morgan fingerprint density at radius 2 is 1.67 bits per heavy atom. The number of ether oxygens (including phenoxy) is 1. The van der Waals surface area contributed by atoms with Crippen LogP contribution in [0.2, 0.25) is 0 Å². The molecule has 0 bridgehead atoms. The monoisotopic (exact) mass is 563 g/mol. The van der Waals surface area contributed by atoms with Gasteiger partial charge in [0.1, 0.15) is 6.10 Å². The van der Waals surface area contributed by atoms with E-state index in [1.165, 1.54) is 24.3 Å². The first-order valence-electron chi connectivity index (χ1n) is 10.6. The summed E-state index contributed by atoms with van der Waals surface area (Å²) >= 11 is 0. The summed E-state index contributed by atoms with van der Waals surface area (Å²) in [6, 6.07) is 6.06. The molecule has 0 spiro atoms. The largest absolute Gasteiger partial charge is 0.860 e. The lowest BCUT2D eigenvalue weighted by atomic mass is 10.1. The summed E-state index contributed by atoms with van der Waals surface area (Å²) in [5, 5.41) is 26.4. The maximum Gasteiger partial charge on any atom is 0.439 e. The zero-order chi connectivity index (χ0) is 27.8. The fourth-order valence-electron chi connectivity index (χ4n) is 3.55. The molecular formula is C22H19F6N5O6. The summed E-state index contributed by atoms with van der Waals surface area (Å²) in [4.78, 5) is 30.5. The van der Waals surface area contributed by atoms with E-state index in [9.17, 15) is 46.1 Å². The second kappa shape index (κ2) is 10.9. The van der Waals surface area contributed by atoms with Crippen LogP contribution in [0, 0.1) is 0 Å². The normalized spacial score (nSPS) is 17.6. The molecule has 0 aliphatic carbocycles. The van der Waals surface area contributed by atoms with Gasteiger partial charge in [-0.1, -0.05) is 5.16 Å². The number of hydrogen-bond acceptors (Lipinski definition) is 8. The molecule has 4 rings (SSSR count). The second-order valence-electron chi connectivity index (χ2n) is 7.93. The fraction of sp³-hybridized carbons (Fsp3) is 0.273. The number of carbonyl (C=O) groups excluding carboxylic acids is 1. The van der Waals surface area contributed by atoms with Crippen LogP contribution in [0.25, 0.3) is 11.4 Å². The summed E-state index contributed by atoms with van der Waals surface area (Å²) in [5.74, 6) is -3.19. The molecule has 2 aromatic carbocycles. The van der Waals surface area contributed by atoms with Crippen LogP contribution in [0.3, 0.4) is 0 Å². The van der Waals surface area contributed by atoms with E-state index in [1.54, 1.807) is 0 Å². The SMILES string of the molecule is O=C1[C@@H]([C@@H](O)C([O-])=Nc2ccc(-c3noc(=O)[nH]3)cc2)OCCN1c1cc(C(F)(F)F)cc(C(F)(F)F)c1.[NH4+]. The number of alkyl halides is 6. The van der Waals surface area contributed by atoms with E-state index in [1.807, 2.05) is 0 Å². The highest BCUT2D eigenvalue weighted by atomic mass is 19.4. The predicted molar refractivity (Wildman–Crippen MR) is 120 cm³/mol. The number of anilines is 1. The number of H-pyrrole nitrogens is 1. The number of nitrogens with one attached hydrogen (secondary N) is 1. The number of amides is 1. The van der Waals surface area contributed by atoms with Gasteiger partial charge >= 0.3 is 18.1 Å². The van der Waals surface area contributed by atoms with E-state index in [-0.39, 0.29) is 23.7 Å². The Labute approximate surface area is 213 Å². The summed E-state index contributed by atoms with van der Waals surface area (Å²) in [6.07, 6.45) is -14.4. The van der Waals surface area contributed by atoms with E-state index in [4.69, 9.17) is 4.74 Å². The van der Waals surface area contributed by atoms with Gasteiger partial charge in [0.2, 0.25) is 0 Å². The number of benzene rings is 2. The molecule has 1 aliphatic heterocycles. The summed E-state index contributed by atoms with van der Waals surface area (Å²) in [7, 11) is 0. The van der Waals surface area contributed by atoms with Crippen molar-refractivity contribution in [2.75, 3.05) is 18.1 Å². The van der Waals surface area contributed by atoms with Crippen LogP contribution in [0.1, 0.15) is 11.1 Å². The van der Waals surface area contributed by atoms with Crippen LogP contribution >= 0.6 is 0 Å². The fourth-order valence-corrected chi connectivity index (χ4v) is 3.55. The minimum Gasteiger partial charge on any atom is -0.860 e. The van der Waals surface area contributed by atoms with Gasteiger partial charge in [-0.2, -0.15) is 26.3 Å². The van der Waals surface area contributed by atoms with Crippen LogP contribution < -0.4 is 21.9 Å². The highest BCUT2D eigenvalue weighted by molar-refractivity contribution is 6.00. The molecule has 1 saturated heterocycles. The molecule has 3 aromatic rings.